The highest BCUT2D eigenvalue weighted by Gasteiger charge is 2.52. The first-order chi connectivity index (χ1) is 9.63. The Morgan fingerprint density at radius 2 is 2.30 bits per heavy atom. The standard InChI is InChI=1S/C16H24BrNO2/c1-3-20-16(19)14-10(2)12(17)8-11-9-18-7-5-4-6-13(18)15(11)14/h8,10-11,13-15H,3-7,9H2,1-2H3/t10-,11-,13-,14-,15+/m0/s1. The number of allylic oxidation sites excluding steroid dienone is 1. The van der Waals surface area contributed by atoms with Gasteiger partial charge < -0.3 is 4.74 Å². The van der Waals surface area contributed by atoms with Crippen molar-refractivity contribution >= 4 is 21.9 Å². The summed E-state index contributed by atoms with van der Waals surface area (Å²) in [6.45, 7) is 6.86. The summed E-state index contributed by atoms with van der Waals surface area (Å²) in [5.74, 6) is 1.24. The van der Waals surface area contributed by atoms with Crippen LogP contribution in [0.5, 0.6) is 0 Å². The lowest BCUT2D eigenvalue weighted by atomic mass is 9.69. The molecule has 20 heavy (non-hydrogen) atoms. The minimum absolute atomic E-state index is 0.00692. The lowest BCUT2D eigenvalue weighted by Gasteiger charge is -2.39. The van der Waals surface area contributed by atoms with E-state index in [9.17, 15) is 4.79 Å². The van der Waals surface area contributed by atoms with Gasteiger partial charge in [0.05, 0.1) is 12.5 Å². The van der Waals surface area contributed by atoms with Gasteiger partial charge in [-0.1, -0.05) is 35.4 Å². The van der Waals surface area contributed by atoms with Gasteiger partial charge in [-0.25, -0.2) is 0 Å². The van der Waals surface area contributed by atoms with Gasteiger partial charge >= 0.3 is 5.97 Å². The zero-order valence-corrected chi connectivity index (χ0v) is 13.9. The number of halogens is 1. The summed E-state index contributed by atoms with van der Waals surface area (Å²) in [6.07, 6.45) is 6.22. The van der Waals surface area contributed by atoms with Crippen LogP contribution in [0.4, 0.5) is 0 Å². The predicted octanol–water partition coefficient (Wildman–Crippen LogP) is 3.19. The molecule has 4 heteroatoms. The van der Waals surface area contributed by atoms with Crippen LogP contribution in [-0.4, -0.2) is 36.6 Å². The van der Waals surface area contributed by atoms with Crippen LogP contribution in [0.15, 0.2) is 10.6 Å². The minimum atomic E-state index is 0.00692. The SMILES string of the molecule is CCOC(=O)[C@@H]1[C@@H]2[C@@H](C=C(Br)[C@@H]1C)CN1CCCC[C@@H]21. The van der Waals surface area contributed by atoms with Crippen molar-refractivity contribution in [3.8, 4) is 0 Å². The average Bonchev–Trinajstić information content (AvgIpc) is 2.78. The normalized spacial score (nSPS) is 40.8. The van der Waals surface area contributed by atoms with Crippen molar-refractivity contribution in [2.75, 3.05) is 19.7 Å². The van der Waals surface area contributed by atoms with E-state index >= 15 is 0 Å². The Kier molecular flexibility index (Phi) is 4.23. The monoisotopic (exact) mass is 341 g/mol. The number of rotatable bonds is 2. The molecular formula is C16H24BrNO2. The fourth-order valence-corrected chi connectivity index (χ4v) is 5.11. The quantitative estimate of drug-likeness (QED) is 0.722. The summed E-state index contributed by atoms with van der Waals surface area (Å²) in [5.41, 5.74) is 0. The second-order valence-electron chi connectivity index (χ2n) is 6.42. The predicted molar refractivity (Wildman–Crippen MR) is 82.5 cm³/mol. The van der Waals surface area contributed by atoms with Gasteiger partial charge in [0.25, 0.3) is 0 Å². The molecule has 112 valence electrons. The molecule has 2 heterocycles. The van der Waals surface area contributed by atoms with E-state index in [4.69, 9.17) is 4.74 Å². The van der Waals surface area contributed by atoms with Gasteiger partial charge in [0.2, 0.25) is 0 Å². The maximum Gasteiger partial charge on any atom is 0.309 e. The molecule has 0 aromatic carbocycles. The van der Waals surface area contributed by atoms with Gasteiger partial charge in [-0.3, -0.25) is 9.69 Å². The molecule has 0 unspecified atom stereocenters. The summed E-state index contributed by atoms with van der Waals surface area (Å²) in [7, 11) is 0. The zero-order valence-electron chi connectivity index (χ0n) is 12.3. The number of hydrogen-bond donors (Lipinski definition) is 0. The Labute approximate surface area is 129 Å². The molecule has 3 nitrogen and oxygen atoms in total. The highest BCUT2D eigenvalue weighted by atomic mass is 79.9. The van der Waals surface area contributed by atoms with E-state index < -0.39 is 0 Å². The van der Waals surface area contributed by atoms with Crippen LogP contribution < -0.4 is 0 Å². The Bertz CT molecular complexity index is 423. The van der Waals surface area contributed by atoms with Crippen molar-refractivity contribution in [3.63, 3.8) is 0 Å². The minimum Gasteiger partial charge on any atom is -0.466 e. The molecule has 0 spiro atoms. The number of esters is 1. The first-order valence-corrected chi connectivity index (χ1v) is 8.70. The van der Waals surface area contributed by atoms with Gasteiger partial charge in [0, 0.05) is 18.5 Å². The van der Waals surface area contributed by atoms with Gasteiger partial charge in [0.1, 0.15) is 0 Å². The molecule has 0 amide bonds. The molecule has 1 aliphatic carbocycles. The summed E-state index contributed by atoms with van der Waals surface area (Å²) in [4.78, 5) is 15.1. The van der Waals surface area contributed by atoms with Crippen molar-refractivity contribution in [1.29, 1.82) is 0 Å². The highest BCUT2D eigenvalue weighted by Crippen LogP contribution is 2.49. The van der Waals surface area contributed by atoms with Crippen LogP contribution in [0.25, 0.3) is 0 Å². The molecule has 5 atom stereocenters. The van der Waals surface area contributed by atoms with E-state index in [1.54, 1.807) is 0 Å². The van der Waals surface area contributed by atoms with Gasteiger partial charge in [-0.05, 0) is 42.6 Å². The number of ether oxygens (including phenoxy) is 1. The number of carbonyl (C=O) groups excluding carboxylic acids is 1. The smallest absolute Gasteiger partial charge is 0.309 e. The summed E-state index contributed by atoms with van der Waals surface area (Å²) in [5, 5.41) is 0. The molecule has 2 aliphatic heterocycles. The number of fused-ring (bicyclic) bond motifs is 3. The lowest BCUT2D eigenvalue weighted by Crippen LogP contribution is -2.44. The van der Waals surface area contributed by atoms with Crippen LogP contribution in [0.2, 0.25) is 0 Å². The lowest BCUT2D eigenvalue weighted by molar-refractivity contribution is -0.152. The molecule has 0 N–H and O–H groups in total. The molecular weight excluding hydrogens is 318 g/mol. The molecule has 0 saturated carbocycles. The fraction of sp³-hybridized carbons (Fsp3) is 0.812. The van der Waals surface area contributed by atoms with E-state index in [1.807, 2.05) is 6.92 Å². The van der Waals surface area contributed by atoms with E-state index in [0.29, 0.717) is 24.5 Å². The second kappa shape index (κ2) is 5.80. The number of carbonyl (C=O) groups is 1. The number of piperidine rings is 1. The summed E-state index contributed by atoms with van der Waals surface area (Å²) >= 11 is 3.68. The van der Waals surface area contributed by atoms with E-state index in [2.05, 4.69) is 33.8 Å². The van der Waals surface area contributed by atoms with Crippen LogP contribution in [0.1, 0.15) is 33.1 Å². The Morgan fingerprint density at radius 3 is 3.05 bits per heavy atom. The molecule has 0 aromatic rings. The maximum absolute atomic E-state index is 12.5. The van der Waals surface area contributed by atoms with Gasteiger partial charge in [0.15, 0.2) is 0 Å². The van der Waals surface area contributed by atoms with E-state index in [1.165, 1.54) is 30.3 Å². The molecule has 3 rings (SSSR count). The Morgan fingerprint density at radius 1 is 1.50 bits per heavy atom. The zero-order chi connectivity index (χ0) is 14.3. The van der Waals surface area contributed by atoms with Gasteiger partial charge in [-0.15, -0.1) is 0 Å². The first-order valence-electron chi connectivity index (χ1n) is 7.91. The number of hydrogen-bond acceptors (Lipinski definition) is 3. The third-order valence-electron chi connectivity index (χ3n) is 5.37. The molecule has 0 radical (unpaired) electrons. The van der Waals surface area contributed by atoms with E-state index in [0.717, 1.165) is 6.54 Å². The molecule has 2 fully saturated rings. The van der Waals surface area contributed by atoms with Crippen LogP contribution in [-0.2, 0) is 9.53 Å². The summed E-state index contributed by atoms with van der Waals surface area (Å²) < 4.78 is 6.57. The molecule has 3 aliphatic rings. The fourth-order valence-electron chi connectivity index (χ4n) is 4.49. The Hall–Kier alpha value is -0.350. The van der Waals surface area contributed by atoms with Gasteiger partial charge in [-0.2, -0.15) is 0 Å². The van der Waals surface area contributed by atoms with Crippen molar-refractivity contribution in [2.24, 2.45) is 23.7 Å². The first kappa shape index (κ1) is 14.6. The third kappa shape index (κ3) is 2.35. The Balaban J connectivity index is 1.90. The van der Waals surface area contributed by atoms with Crippen molar-refractivity contribution in [1.82, 2.24) is 4.90 Å². The van der Waals surface area contributed by atoms with Crippen LogP contribution in [0, 0.1) is 23.7 Å². The maximum atomic E-state index is 12.5. The second-order valence-corrected chi connectivity index (χ2v) is 7.33. The van der Waals surface area contributed by atoms with E-state index in [-0.39, 0.29) is 17.8 Å². The largest absolute Gasteiger partial charge is 0.466 e. The van der Waals surface area contributed by atoms with Crippen molar-refractivity contribution in [3.05, 3.63) is 10.6 Å². The third-order valence-corrected chi connectivity index (χ3v) is 6.36. The molecule has 2 saturated heterocycles. The van der Waals surface area contributed by atoms with Crippen molar-refractivity contribution < 1.29 is 9.53 Å². The topological polar surface area (TPSA) is 29.5 Å². The average molecular weight is 342 g/mol. The number of nitrogens with zero attached hydrogens (tertiary/aromatic N) is 1. The molecule has 0 bridgehead atoms. The molecule has 0 aromatic heterocycles. The van der Waals surface area contributed by atoms with Crippen LogP contribution >= 0.6 is 15.9 Å². The highest BCUT2D eigenvalue weighted by molar-refractivity contribution is 9.11. The summed E-state index contributed by atoms with van der Waals surface area (Å²) in [6, 6.07) is 0.586. The van der Waals surface area contributed by atoms with Crippen molar-refractivity contribution in [2.45, 2.75) is 39.2 Å². The van der Waals surface area contributed by atoms with Crippen LogP contribution in [0.3, 0.4) is 0 Å².